The van der Waals surface area contributed by atoms with E-state index in [1.807, 2.05) is 0 Å². The van der Waals surface area contributed by atoms with Crippen LogP contribution in [0.15, 0.2) is 18.5 Å². The Hall–Kier alpha value is -2.32. The molecule has 0 bridgehead atoms. The van der Waals surface area contributed by atoms with Gasteiger partial charge in [0.1, 0.15) is 31.4 Å². The van der Waals surface area contributed by atoms with Crippen LogP contribution in [0.3, 0.4) is 0 Å². The van der Waals surface area contributed by atoms with E-state index in [1.165, 1.54) is 61.5 Å². The number of imidazole rings is 1. The number of ether oxygens (including phenoxy) is 2. The fourth-order valence-corrected chi connectivity index (χ4v) is 4.32. The van der Waals surface area contributed by atoms with E-state index in [0.29, 0.717) is 5.56 Å². The van der Waals surface area contributed by atoms with Gasteiger partial charge < -0.3 is 25.4 Å². The molecular formula is C19H29B4F5N6O3. The number of nitrogens with zero attached hydrogens (tertiary/aromatic N) is 4. The summed E-state index contributed by atoms with van der Waals surface area (Å²) in [5.74, 6) is -3.32. The van der Waals surface area contributed by atoms with Crippen LogP contribution >= 0.6 is 0 Å². The number of urea groups is 1. The number of halogens is 5. The lowest BCUT2D eigenvalue weighted by Gasteiger charge is -2.57. The molecule has 3 heterocycles. The smallest absolute Gasteiger partial charge is 0.382 e. The number of alkyl halides is 5. The largest absolute Gasteiger partial charge is 0.416 e. The summed E-state index contributed by atoms with van der Waals surface area (Å²) in [7, 11) is 6.48. The molecule has 18 heteroatoms. The van der Waals surface area contributed by atoms with Gasteiger partial charge >= 0.3 is 12.2 Å². The van der Waals surface area contributed by atoms with E-state index in [0.717, 1.165) is 18.7 Å². The number of amides is 2. The van der Waals surface area contributed by atoms with Crippen LogP contribution in [0.1, 0.15) is 37.2 Å². The van der Waals surface area contributed by atoms with E-state index < -0.39 is 53.1 Å². The molecule has 3 N–H and O–H groups in total. The Bertz CT molecular complexity index is 1160. The van der Waals surface area contributed by atoms with Crippen LogP contribution in [-0.2, 0) is 9.47 Å². The van der Waals surface area contributed by atoms with Crippen molar-refractivity contribution in [1.82, 2.24) is 24.8 Å². The first-order valence-corrected chi connectivity index (χ1v) is 11.6. The zero-order chi connectivity index (χ0) is 28.2. The molecule has 37 heavy (non-hydrogen) atoms. The van der Waals surface area contributed by atoms with Crippen molar-refractivity contribution in [1.29, 1.82) is 0 Å². The fourth-order valence-electron chi connectivity index (χ4n) is 4.32. The summed E-state index contributed by atoms with van der Waals surface area (Å²) in [6, 6.07) is -1.11. The number of nitrogens with one attached hydrogen (secondary N) is 1. The Morgan fingerprint density at radius 2 is 1.81 bits per heavy atom. The second-order valence-corrected chi connectivity index (χ2v) is 10.7. The van der Waals surface area contributed by atoms with Crippen LogP contribution in [0.5, 0.6) is 0 Å². The van der Waals surface area contributed by atoms with Gasteiger partial charge in [0.2, 0.25) is 0 Å². The van der Waals surface area contributed by atoms with E-state index in [2.05, 4.69) is 15.4 Å². The number of hydrogen-bond donors (Lipinski definition) is 2. The Morgan fingerprint density at radius 1 is 1.19 bits per heavy atom. The van der Waals surface area contributed by atoms with E-state index >= 15 is 8.78 Å². The molecule has 2 aromatic rings. The Morgan fingerprint density at radius 3 is 2.38 bits per heavy atom. The molecule has 3 rings (SSSR count). The lowest BCUT2D eigenvalue weighted by molar-refractivity contribution is -0.264. The van der Waals surface area contributed by atoms with Crippen LogP contribution in [0.2, 0.25) is 0 Å². The minimum absolute atomic E-state index is 0.112. The summed E-state index contributed by atoms with van der Waals surface area (Å²) < 4.78 is 81.7. The van der Waals surface area contributed by atoms with E-state index in [9.17, 15) is 18.0 Å². The van der Waals surface area contributed by atoms with Crippen molar-refractivity contribution >= 4 is 43.1 Å². The molecule has 1 fully saturated rings. The molecule has 0 aromatic carbocycles. The maximum Gasteiger partial charge on any atom is 0.416 e. The predicted molar refractivity (Wildman–Crippen MR) is 136 cm³/mol. The molecule has 2 amide bonds. The molecule has 9 nitrogen and oxygen atoms in total. The van der Waals surface area contributed by atoms with Gasteiger partial charge in [0, 0.05) is 23.3 Å². The van der Waals surface area contributed by atoms with Gasteiger partial charge in [0.15, 0.2) is 11.2 Å². The van der Waals surface area contributed by atoms with Crippen molar-refractivity contribution in [3.8, 4) is 0 Å². The molecule has 0 saturated carbocycles. The highest BCUT2D eigenvalue weighted by atomic mass is 19.4. The summed E-state index contributed by atoms with van der Waals surface area (Å²) in [6.45, 7) is 1.23. The first kappa shape index (κ1) is 29.2. The maximum atomic E-state index is 15.4. The number of hydrogen-bond acceptors (Lipinski definition) is 6. The summed E-state index contributed by atoms with van der Waals surface area (Å²) in [5, 5.41) is 2.93. The quantitative estimate of drug-likeness (QED) is 0.312. The molecule has 1 aliphatic heterocycles. The third-order valence-electron chi connectivity index (χ3n) is 6.86. The topological polar surface area (TPSA) is 107 Å². The maximum absolute atomic E-state index is 15.4. The van der Waals surface area contributed by atoms with Gasteiger partial charge in [0.05, 0.1) is 43.4 Å². The molecule has 0 spiro atoms. The van der Waals surface area contributed by atoms with Crippen molar-refractivity contribution in [2.45, 2.75) is 54.3 Å². The number of methoxy groups -OCH3 is 1. The minimum atomic E-state index is -4.58. The van der Waals surface area contributed by atoms with Crippen molar-refractivity contribution < 1.29 is 36.2 Å². The van der Waals surface area contributed by atoms with Crippen molar-refractivity contribution in [2.24, 2.45) is 5.73 Å². The van der Waals surface area contributed by atoms with Gasteiger partial charge in [-0.2, -0.15) is 18.3 Å². The second kappa shape index (κ2) is 9.45. The average molecular weight is 528 g/mol. The summed E-state index contributed by atoms with van der Waals surface area (Å²) in [6.07, 6.45) is -1.76. The average Bonchev–Trinajstić information content (AvgIpc) is 3.18. The minimum Gasteiger partial charge on any atom is -0.382 e. The van der Waals surface area contributed by atoms with Crippen LogP contribution in [0, 0.1) is 0 Å². The van der Waals surface area contributed by atoms with E-state index in [-0.39, 0.29) is 17.9 Å². The first-order chi connectivity index (χ1) is 16.8. The molecule has 200 valence electrons. The second-order valence-electron chi connectivity index (χ2n) is 10.7. The number of aromatic nitrogens is 3. The highest BCUT2D eigenvalue weighted by Crippen LogP contribution is 2.43. The number of carbonyl (C=O) groups is 1. The van der Waals surface area contributed by atoms with Crippen LogP contribution in [0.4, 0.5) is 26.7 Å². The highest BCUT2D eigenvalue weighted by molar-refractivity contribution is 6.48. The first-order valence-electron chi connectivity index (χ1n) is 11.6. The van der Waals surface area contributed by atoms with Crippen molar-refractivity contribution in [2.75, 3.05) is 20.3 Å². The molecule has 0 aliphatic carbocycles. The van der Waals surface area contributed by atoms with E-state index in [4.69, 9.17) is 15.2 Å². The number of carbonyl (C=O) groups excluding carboxylic acids is 1. The van der Waals surface area contributed by atoms with Gasteiger partial charge in [-0.05, 0) is 19.9 Å². The van der Waals surface area contributed by atoms with Gasteiger partial charge in [-0.1, -0.05) is 0 Å². The molecule has 1 aliphatic rings. The molecule has 1 saturated heterocycles. The fraction of sp³-hybridized carbons (Fsp3) is 0.632. The molecule has 2 atom stereocenters. The van der Waals surface area contributed by atoms with Crippen molar-refractivity contribution in [3.63, 3.8) is 0 Å². The van der Waals surface area contributed by atoms with Gasteiger partial charge in [-0.3, -0.25) is 0 Å². The zero-order valence-electron chi connectivity index (χ0n) is 21.8. The van der Waals surface area contributed by atoms with Crippen molar-refractivity contribution in [3.05, 3.63) is 29.7 Å². The third-order valence-corrected chi connectivity index (χ3v) is 6.86. The Balaban J connectivity index is 1.93. The van der Waals surface area contributed by atoms with Gasteiger partial charge in [-0.25, -0.2) is 23.1 Å². The van der Waals surface area contributed by atoms with Gasteiger partial charge in [0.25, 0.3) is 5.92 Å². The monoisotopic (exact) mass is 528 g/mol. The Kier molecular flexibility index (Phi) is 7.47. The molecule has 2 aromatic heterocycles. The highest BCUT2D eigenvalue weighted by Gasteiger charge is 2.65. The standard InChI is InChI=1S/C19H29B4F5N6O3/c1-15(2,19(26,27)28)37-7-10(29)11-6-33-13(31-11)4-9(5-30-33)12(8-36-3)34-14(35)32-17(20,21)16(24,25)18(34,22)23/h4-6,10,12H,7-8,20-23,29H2,1-3H3,(H,32,35)/t10-,12+/m0/s1. The lowest BCUT2D eigenvalue weighted by atomic mass is 9.43. The summed E-state index contributed by atoms with van der Waals surface area (Å²) in [5.41, 5.74) is 4.46. The Labute approximate surface area is 214 Å². The van der Waals surface area contributed by atoms with Gasteiger partial charge in [-0.15, -0.1) is 0 Å². The van der Waals surface area contributed by atoms with Crippen LogP contribution in [0.25, 0.3) is 5.65 Å². The molecule has 0 unspecified atom stereocenters. The molecular weight excluding hydrogens is 498 g/mol. The lowest BCUT2D eigenvalue weighted by Crippen LogP contribution is -2.83. The SMILES string of the molecule is BC1(B)NC(=O)N([C@H](COC)c2cnn3cc([C@@H](N)COC(C)(C)C(F)(F)F)nc3c2)C(B)(B)C1(F)F. The predicted octanol–water partition coefficient (Wildman–Crippen LogP) is -1.73. The number of nitrogens with two attached hydrogens (primary N) is 1. The van der Waals surface area contributed by atoms with Crippen LogP contribution in [-0.4, -0.2) is 106 Å². The number of fused-ring (bicyclic) bond motifs is 1. The summed E-state index contributed by atoms with van der Waals surface area (Å²) >= 11 is 0. The van der Waals surface area contributed by atoms with E-state index in [1.54, 1.807) is 0 Å². The normalized spacial score (nSPS) is 21.0. The zero-order valence-corrected chi connectivity index (χ0v) is 21.8. The van der Waals surface area contributed by atoms with Crippen LogP contribution < -0.4 is 11.1 Å². The third kappa shape index (κ3) is 5.07. The summed E-state index contributed by atoms with van der Waals surface area (Å²) in [4.78, 5) is 18.4. The molecule has 0 radical (unpaired) electrons. The number of rotatable bonds is 8.